The van der Waals surface area contributed by atoms with Gasteiger partial charge in [-0.05, 0) is 43.5 Å². The van der Waals surface area contributed by atoms with Crippen LogP contribution >= 0.6 is 11.3 Å². The molecular weight excluding hydrogens is 228 g/mol. The lowest BCUT2D eigenvalue weighted by Gasteiger charge is -1.99. The third kappa shape index (κ3) is 3.05. The average Bonchev–Trinajstić information content (AvgIpc) is 2.72. The van der Waals surface area contributed by atoms with Crippen molar-refractivity contribution in [3.63, 3.8) is 0 Å². The molecule has 0 bridgehead atoms. The van der Waals surface area contributed by atoms with E-state index in [9.17, 15) is 0 Å². The predicted octanol–water partition coefficient (Wildman–Crippen LogP) is 3.70. The summed E-state index contributed by atoms with van der Waals surface area (Å²) in [5.74, 6) is 0.521. The largest absolute Gasteiger partial charge is 0.330 e. The molecule has 2 aromatic rings. The molecule has 0 aliphatic rings. The Hall–Kier alpha value is -0.930. The van der Waals surface area contributed by atoms with Crippen LogP contribution in [0.4, 0.5) is 0 Å². The zero-order valence-corrected chi connectivity index (χ0v) is 11.4. The van der Waals surface area contributed by atoms with Gasteiger partial charge in [0.25, 0.3) is 0 Å². The first kappa shape index (κ1) is 12.5. The van der Waals surface area contributed by atoms with Crippen LogP contribution in [0, 0.1) is 0 Å². The van der Waals surface area contributed by atoms with Gasteiger partial charge >= 0.3 is 0 Å². The Bertz CT molecular complexity index is 488. The molecule has 0 fully saturated rings. The van der Waals surface area contributed by atoms with Crippen LogP contribution in [0.1, 0.15) is 43.2 Å². The topological polar surface area (TPSA) is 38.9 Å². The molecule has 1 aromatic heterocycles. The monoisotopic (exact) mass is 248 g/mol. The van der Waals surface area contributed by atoms with E-state index >= 15 is 0 Å². The van der Waals surface area contributed by atoms with Crippen molar-refractivity contribution >= 4 is 21.6 Å². The maximum Gasteiger partial charge on any atom is 0.0963 e. The summed E-state index contributed by atoms with van der Waals surface area (Å²) in [5, 5.41) is 1.24. The van der Waals surface area contributed by atoms with Crippen molar-refractivity contribution in [1.82, 2.24) is 4.98 Å². The molecule has 0 aliphatic carbocycles. The number of nitrogens with zero attached hydrogens (tertiary/aromatic N) is 1. The first-order valence-electron chi connectivity index (χ1n) is 6.30. The van der Waals surface area contributed by atoms with E-state index in [0.717, 1.165) is 24.9 Å². The van der Waals surface area contributed by atoms with Crippen molar-refractivity contribution < 1.29 is 0 Å². The van der Waals surface area contributed by atoms with E-state index in [4.69, 9.17) is 10.7 Å². The van der Waals surface area contributed by atoms with Crippen LogP contribution in [0.3, 0.4) is 0 Å². The summed E-state index contributed by atoms with van der Waals surface area (Å²) in [6, 6.07) is 6.66. The molecule has 0 radical (unpaired) electrons. The summed E-state index contributed by atoms with van der Waals surface area (Å²) in [4.78, 5) is 4.69. The van der Waals surface area contributed by atoms with E-state index in [-0.39, 0.29) is 0 Å². The molecule has 3 heteroatoms. The highest BCUT2D eigenvalue weighted by Gasteiger charge is 2.07. The third-order valence-corrected chi connectivity index (χ3v) is 4.22. The van der Waals surface area contributed by atoms with Gasteiger partial charge in [-0.2, -0.15) is 0 Å². The minimum absolute atomic E-state index is 0.521. The number of benzene rings is 1. The van der Waals surface area contributed by atoms with E-state index in [1.165, 1.54) is 21.7 Å². The standard InChI is InChI=1S/C14H20N2S/c1-10(2)14-16-12-9-11(5-3-4-8-15)6-7-13(12)17-14/h6-7,9-10H,3-5,8,15H2,1-2H3. The molecule has 1 aromatic carbocycles. The first-order valence-corrected chi connectivity index (χ1v) is 7.12. The van der Waals surface area contributed by atoms with Crippen LogP contribution < -0.4 is 5.73 Å². The second kappa shape index (κ2) is 5.61. The summed E-state index contributed by atoms with van der Waals surface area (Å²) in [6.07, 6.45) is 3.39. The molecule has 17 heavy (non-hydrogen) atoms. The fourth-order valence-electron chi connectivity index (χ4n) is 1.87. The molecule has 1 heterocycles. The molecule has 0 saturated heterocycles. The number of hydrogen-bond donors (Lipinski definition) is 1. The molecule has 0 unspecified atom stereocenters. The Morgan fingerprint density at radius 2 is 2.12 bits per heavy atom. The molecule has 92 valence electrons. The maximum atomic E-state index is 5.51. The van der Waals surface area contributed by atoms with Gasteiger partial charge in [-0.25, -0.2) is 4.98 Å². The van der Waals surface area contributed by atoms with Crippen LogP contribution in [0.5, 0.6) is 0 Å². The van der Waals surface area contributed by atoms with E-state index in [2.05, 4.69) is 32.0 Å². The van der Waals surface area contributed by atoms with Gasteiger partial charge in [-0.15, -0.1) is 11.3 Å². The molecule has 2 N–H and O–H groups in total. The van der Waals surface area contributed by atoms with Gasteiger partial charge in [0, 0.05) is 5.92 Å². The van der Waals surface area contributed by atoms with Gasteiger partial charge < -0.3 is 5.73 Å². The van der Waals surface area contributed by atoms with Crippen molar-refractivity contribution in [2.45, 2.75) is 39.0 Å². The third-order valence-electron chi connectivity index (χ3n) is 2.88. The highest BCUT2D eigenvalue weighted by molar-refractivity contribution is 7.18. The molecule has 2 rings (SSSR count). The van der Waals surface area contributed by atoms with Crippen molar-refractivity contribution in [3.05, 3.63) is 28.8 Å². The van der Waals surface area contributed by atoms with Gasteiger partial charge in [0.05, 0.1) is 15.2 Å². The Morgan fingerprint density at radius 3 is 2.82 bits per heavy atom. The maximum absolute atomic E-state index is 5.51. The number of nitrogens with two attached hydrogens (primary N) is 1. The van der Waals surface area contributed by atoms with Gasteiger partial charge in [0.2, 0.25) is 0 Å². The molecule has 0 aliphatic heterocycles. The van der Waals surface area contributed by atoms with Crippen LogP contribution in [-0.2, 0) is 6.42 Å². The van der Waals surface area contributed by atoms with Crippen LogP contribution in [0.25, 0.3) is 10.2 Å². The second-order valence-electron chi connectivity index (χ2n) is 4.75. The highest BCUT2D eigenvalue weighted by atomic mass is 32.1. The van der Waals surface area contributed by atoms with Gasteiger partial charge in [0.1, 0.15) is 0 Å². The van der Waals surface area contributed by atoms with Crippen molar-refractivity contribution in [3.8, 4) is 0 Å². The summed E-state index contributed by atoms with van der Waals surface area (Å²) in [6.45, 7) is 5.18. The van der Waals surface area contributed by atoms with Crippen molar-refractivity contribution in [2.75, 3.05) is 6.54 Å². The Labute approximate surface area is 107 Å². The van der Waals surface area contributed by atoms with Crippen molar-refractivity contribution in [2.24, 2.45) is 5.73 Å². The SMILES string of the molecule is CC(C)c1nc2cc(CCCCN)ccc2s1. The average molecular weight is 248 g/mol. The number of thiazole rings is 1. The summed E-state index contributed by atoms with van der Waals surface area (Å²) in [7, 11) is 0. The van der Waals surface area contributed by atoms with E-state index in [0.29, 0.717) is 5.92 Å². The fourth-order valence-corrected chi connectivity index (χ4v) is 2.82. The normalized spacial score (nSPS) is 11.5. The smallest absolute Gasteiger partial charge is 0.0963 e. The number of unbranched alkanes of at least 4 members (excludes halogenated alkanes) is 1. The van der Waals surface area contributed by atoms with Gasteiger partial charge in [-0.1, -0.05) is 19.9 Å². The lowest BCUT2D eigenvalue weighted by atomic mass is 10.1. The van der Waals surface area contributed by atoms with Crippen molar-refractivity contribution in [1.29, 1.82) is 0 Å². The van der Waals surface area contributed by atoms with E-state index in [1.807, 2.05) is 11.3 Å². The summed E-state index contributed by atoms with van der Waals surface area (Å²) >= 11 is 1.81. The Morgan fingerprint density at radius 1 is 1.29 bits per heavy atom. The molecule has 0 atom stereocenters. The summed E-state index contributed by atoms with van der Waals surface area (Å²) < 4.78 is 1.30. The van der Waals surface area contributed by atoms with Gasteiger partial charge in [0.15, 0.2) is 0 Å². The van der Waals surface area contributed by atoms with Crippen LogP contribution in [0.15, 0.2) is 18.2 Å². The zero-order valence-electron chi connectivity index (χ0n) is 10.6. The zero-order chi connectivity index (χ0) is 12.3. The Kier molecular flexibility index (Phi) is 4.13. The summed E-state index contributed by atoms with van der Waals surface area (Å²) in [5.41, 5.74) is 8.05. The number of rotatable bonds is 5. The van der Waals surface area contributed by atoms with Crippen LogP contribution in [0.2, 0.25) is 0 Å². The molecule has 0 amide bonds. The number of aryl methyl sites for hydroxylation is 1. The molecule has 2 nitrogen and oxygen atoms in total. The molecule has 0 spiro atoms. The second-order valence-corrected chi connectivity index (χ2v) is 5.82. The minimum atomic E-state index is 0.521. The fraction of sp³-hybridized carbons (Fsp3) is 0.500. The highest BCUT2D eigenvalue weighted by Crippen LogP contribution is 2.28. The van der Waals surface area contributed by atoms with E-state index < -0.39 is 0 Å². The lowest BCUT2D eigenvalue weighted by Crippen LogP contribution is -1.98. The van der Waals surface area contributed by atoms with Crippen LogP contribution in [-0.4, -0.2) is 11.5 Å². The van der Waals surface area contributed by atoms with Gasteiger partial charge in [-0.3, -0.25) is 0 Å². The molecular formula is C14H20N2S. The number of hydrogen-bond acceptors (Lipinski definition) is 3. The predicted molar refractivity (Wildman–Crippen MR) is 75.7 cm³/mol. The number of fused-ring (bicyclic) bond motifs is 1. The quantitative estimate of drug-likeness (QED) is 0.819. The molecule has 0 saturated carbocycles. The lowest BCUT2D eigenvalue weighted by molar-refractivity contribution is 0.745. The Balaban J connectivity index is 2.18. The first-order chi connectivity index (χ1) is 8.20. The number of aromatic nitrogens is 1. The minimum Gasteiger partial charge on any atom is -0.330 e. The van der Waals surface area contributed by atoms with E-state index in [1.54, 1.807) is 0 Å².